The van der Waals surface area contributed by atoms with E-state index in [2.05, 4.69) is 26.2 Å². The number of aliphatic hydroxyl groups is 1. The molecule has 0 aliphatic rings. The van der Waals surface area contributed by atoms with Gasteiger partial charge in [0.2, 0.25) is 0 Å². The monoisotopic (exact) mass is 278 g/mol. The fourth-order valence-corrected chi connectivity index (χ4v) is 1.26. The van der Waals surface area contributed by atoms with E-state index >= 15 is 0 Å². The summed E-state index contributed by atoms with van der Waals surface area (Å²) in [6, 6.07) is 1.34. The molecule has 84 valence electrons. The van der Waals surface area contributed by atoms with Gasteiger partial charge in [0.25, 0.3) is 0 Å². The highest BCUT2D eigenvalue weighted by molar-refractivity contribution is 9.10. The number of halogens is 2. The van der Waals surface area contributed by atoms with Crippen LogP contribution in [0.4, 0.5) is 10.2 Å². The third-order valence-electron chi connectivity index (χ3n) is 1.58. The molecule has 0 spiro atoms. The molecule has 1 rings (SSSR count). The van der Waals surface area contributed by atoms with Gasteiger partial charge in [0.05, 0.1) is 19.8 Å². The molecule has 0 atom stereocenters. The standard InChI is InChI=1S/C9H12BrFN2O2/c10-7-5-8(11)9(13-6-7)12-1-3-15-4-2-14/h5-6,14H,1-4H2,(H,12,13). The van der Waals surface area contributed by atoms with Crippen molar-refractivity contribution >= 4 is 21.7 Å². The maximum Gasteiger partial charge on any atom is 0.166 e. The third-order valence-corrected chi connectivity index (χ3v) is 2.02. The second kappa shape index (κ2) is 6.71. The molecule has 0 saturated heterocycles. The summed E-state index contributed by atoms with van der Waals surface area (Å²) in [4.78, 5) is 3.86. The van der Waals surface area contributed by atoms with Gasteiger partial charge in [-0.05, 0) is 22.0 Å². The van der Waals surface area contributed by atoms with Crippen molar-refractivity contribution in [3.63, 3.8) is 0 Å². The molecule has 0 aliphatic heterocycles. The fourth-order valence-electron chi connectivity index (χ4n) is 0.953. The normalized spacial score (nSPS) is 10.3. The summed E-state index contributed by atoms with van der Waals surface area (Å²) in [6.45, 7) is 1.13. The Morgan fingerprint density at radius 2 is 2.33 bits per heavy atom. The van der Waals surface area contributed by atoms with Gasteiger partial charge in [-0.1, -0.05) is 0 Å². The summed E-state index contributed by atoms with van der Waals surface area (Å²) in [5.41, 5.74) is 0. The minimum absolute atomic E-state index is 0.00903. The molecule has 0 fully saturated rings. The van der Waals surface area contributed by atoms with Gasteiger partial charge in [-0.3, -0.25) is 0 Å². The highest BCUT2D eigenvalue weighted by atomic mass is 79.9. The van der Waals surface area contributed by atoms with Gasteiger partial charge in [0, 0.05) is 17.2 Å². The number of aromatic nitrogens is 1. The second-order valence-corrected chi connectivity index (χ2v) is 3.66. The lowest BCUT2D eigenvalue weighted by Gasteiger charge is -2.06. The molecule has 0 amide bonds. The maximum absolute atomic E-state index is 13.2. The van der Waals surface area contributed by atoms with Gasteiger partial charge in [-0.25, -0.2) is 9.37 Å². The van der Waals surface area contributed by atoms with E-state index in [1.807, 2.05) is 0 Å². The van der Waals surface area contributed by atoms with Crippen LogP contribution in [0.2, 0.25) is 0 Å². The van der Waals surface area contributed by atoms with E-state index < -0.39 is 5.82 Å². The first kappa shape index (κ1) is 12.4. The van der Waals surface area contributed by atoms with Crippen LogP contribution >= 0.6 is 15.9 Å². The second-order valence-electron chi connectivity index (χ2n) is 2.75. The largest absolute Gasteiger partial charge is 0.394 e. The molecule has 6 heteroatoms. The van der Waals surface area contributed by atoms with Gasteiger partial charge < -0.3 is 15.2 Å². The van der Waals surface area contributed by atoms with Crippen molar-refractivity contribution in [1.29, 1.82) is 0 Å². The van der Waals surface area contributed by atoms with Crippen LogP contribution in [0, 0.1) is 5.82 Å². The lowest BCUT2D eigenvalue weighted by molar-refractivity contribution is 0.0991. The molecule has 1 aromatic rings. The number of nitrogens with one attached hydrogen (secondary N) is 1. The number of nitrogens with zero attached hydrogens (tertiary/aromatic N) is 1. The Labute approximate surface area is 95.6 Å². The molecule has 1 heterocycles. The molecule has 2 N–H and O–H groups in total. The molecule has 15 heavy (non-hydrogen) atoms. The van der Waals surface area contributed by atoms with Crippen LogP contribution in [0.3, 0.4) is 0 Å². The average molecular weight is 279 g/mol. The zero-order valence-corrected chi connectivity index (χ0v) is 9.63. The van der Waals surface area contributed by atoms with Gasteiger partial charge >= 0.3 is 0 Å². The van der Waals surface area contributed by atoms with Gasteiger partial charge in [0.15, 0.2) is 11.6 Å². The minimum Gasteiger partial charge on any atom is -0.394 e. The molecule has 0 aromatic carbocycles. The van der Waals surface area contributed by atoms with Crippen LogP contribution < -0.4 is 5.32 Å². The first-order valence-corrected chi connectivity index (χ1v) is 5.27. The molecule has 0 aliphatic carbocycles. The Hall–Kier alpha value is -0.720. The van der Waals surface area contributed by atoms with E-state index in [1.165, 1.54) is 12.3 Å². The van der Waals surface area contributed by atoms with E-state index in [9.17, 15) is 4.39 Å². The number of hydrogen-bond donors (Lipinski definition) is 2. The maximum atomic E-state index is 13.2. The Kier molecular flexibility index (Phi) is 5.52. The van der Waals surface area contributed by atoms with Crippen molar-refractivity contribution in [1.82, 2.24) is 4.98 Å². The molecular weight excluding hydrogens is 267 g/mol. The van der Waals surface area contributed by atoms with E-state index in [0.29, 0.717) is 17.6 Å². The molecule has 0 radical (unpaired) electrons. The number of rotatable bonds is 6. The van der Waals surface area contributed by atoms with E-state index in [-0.39, 0.29) is 19.0 Å². The number of hydrogen-bond acceptors (Lipinski definition) is 4. The molecule has 4 nitrogen and oxygen atoms in total. The first-order valence-electron chi connectivity index (χ1n) is 4.47. The summed E-state index contributed by atoms with van der Waals surface area (Å²) < 4.78 is 18.8. The van der Waals surface area contributed by atoms with Crippen LogP contribution in [0.25, 0.3) is 0 Å². The summed E-state index contributed by atoms with van der Waals surface area (Å²) in [5.74, 6) is -0.211. The Bertz CT molecular complexity index is 312. The Morgan fingerprint density at radius 3 is 3.00 bits per heavy atom. The molecule has 0 unspecified atom stereocenters. The SMILES string of the molecule is OCCOCCNc1ncc(Br)cc1F. The minimum atomic E-state index is -0.411. The van der Waals surface area contributed by atoms with Crippen molar-refractivity contribution < 1.29 is 14.2 Å². The van der Waals surface area contributed by atoms with E-state index in [0.717, 1.165) is 0 Å². The zero-order valence-electron chi connectivity index (χ0n) is 8.04. The Morgan fingerprint density at radius 1 is 1.53 bits per heavy atom. The number of ether oxygens (including phenoxy) is 1. The molecule has 1 aromatic heterocycles. The number of anilines is 1. The highest BCUT2D eigenvalue weighted by Crippen LogP contribution is 2.15. The van der Waals surface area contributed by atoms with Gasteiger partial charge in [-0.2, -0.15) is 0 Å². The van der Waals surface area contributed by atoms with Crippen LogP contribution in [0.15, 0.2) is 16.7 Å². The van der Waals surface area contributed by atoms with Gasteiger partial charge in [0.1, 0.15) is 0 Å². The average Bonchev–Trinajstić information content (AvgIpc) is 2.20. The summed E-state index contributed by atoms with van der Waals surface area (Å²) >= 11 is 3.12. The van der Waals surface area contributed by atoms with Crippen LogP contribution in [0.1, 0.15) is 0 Å². The van der Waals surface area contributed by atoms with Crippen molar-refractivity contribution in [2.45, 2.75) is 0 Å². The summed E-state index contributed by atoms with van der Waals surface area (Å²) in [5, 5.41) is 11.2. The van der Waals surface area contributed by atoms with Crippen molar-refractivity contribution in [3.8, 4) is 0 Å². The van der Waals surface area contributed by atoms with Gasteiger partial charge in [-0.15, -0.1) is 0 Å². The number of aliphatic hydroxyl groups excluding tert-OH is 1. The lowest BCUT2D eigenvalue weighted by Crippen LogP contribution is -2.13. The smallest absolute Gasteiger partial charge is 0.166 e. The lowest BCUT2D eigenvalue weighted by atomic mass is 10.4. The molecular formula is C9H12BrFN2O2. The van der Waals surface area contributed by atoms with Crippen LogP contribution in [-0.2, 0) is 4.74 Å². The van der Waals surface area contributed by atoms with Crippen LogP contribution in [0.5, 0.6) is 0 Å². The topological polar surface area (TPSA) is 54.4 Å². The van der Waals surface area contributed by atoms with Crippen molar-refractivity contribution in [2.24, 2.45) is 0 Å². The number of pyridine rings is 1. The van der Waals surface area contributed by atoms with E-state index in [4.69, 9.17) is 9.84 Å². The summed E-state index contributed by atoms with van der Waals surface area (Å²) in [6.07, 6.45) is 1.51. The van der Waals surface area contributed by atoms with E-state index in [1.54, 1.807) is 0 Å². The third kappa shape index (κ3) is 4.55. The molecule has 0 bridgehead atoms. The predicted molar refractivity (Wildman–Crippen MR) is 58.3 cm³/mol. The Balaban J connectivity index is 2.31. The van der Waals surface area contributed by atoms with Crippen molar-refractivity contribution in [2.75, 3.05) is 31.7 Å². The highest BCUT2D eigenvalue weighted by Gasteiger charge is 2.02. The summed E-state index contributed by atoms with van der Waals surface area (Å²) in [7, 11) is 0. The fraction of sp³-hybridized carbons (Fsp3) is 0.444. The predicted octanol–water partition coefficient (Wildman–Crippen LogP) is 1.40. The van der Waals surface area contributed by atoms with Crippen LogP contribution in [-0.4, -0.2) is 36.5 Å². The quantitative estimate of drug-likeness (QED) is 0.773. The first-order chi connectivity index (χ1) is 7.24. The zero-order chi connectivity index (χ0) is 11.1. The van der Waals surface area contributed by atoms with Crippen molar-refractivity contribution in [3.05, 3.63) is 22.6 Å². The molecule has 0 saturated carbocycles.